The van der Waals surface area contributed by atoms with Gasteiger partial charge in [-0.25, -0.2) is 0 Å². The molecule has 0 saturated heterocycles. The Labute approximate surface area is 332 Å². The van der Waals surface area contributed by atoms with Gasteiger partial charge in [0.1, 0.15) is 0 Å². The summed E-state index contributed by atoms with van der Waals surface area (Å²) in [5, 5.41) is 2.59. The number of benzene rings is 3. The zero-order valence-corrected chi connectivity index (χ0v) is 34.1. The Morgan fingerprint density at radius 3 is 1.87 bits per heavy atom. The molecule has 0 bridgehead atoms. The van der Waals surface area contributed by atoms with Gasteiger partial charge >= 0.3 is 0 Å². The van der Waals surface area contributed by atoms with Crippen molar-refractivity contribution < 1.29 is 4.79 Å². The maximum Gasteiger partial charge on any atom is 0.166 e. The molecule has 0 aliphatic heterocycles. The van der Waals surface area contributed by atoms with E-state index in [1.54, 1.807) is 11.3 Å². The number of aromatic amines is 1. The van der Waals surface area contributed by atoms with Gasteiger partial charge in [0.05, 0.1) is 31.6 Å². The van der Waals surface area contributed by atoms with Crippen molar-refractivity contribution in [3.05, 3.63) is 114 Å². The first kappa shape index (κ1) is 35.4. The molecule has 9 rings (SSSR count). The molecule has 3 nitrogen and oxygen atoms in total. The quantitative estimate of drug-likeness (QED) is 0.0816. The van der Waals surface area contributed by atoms with E-state index in [1.165, 1.54) is 129 Å². The molecule has 9 aromatic rings. The lowest BCUT2D eigenvalue weighted by Gasteiger charge is -2.10. The number of carbonyl (C=O) groups is 1. The number of fused-ring (bicyclic) bond motifs is 6. The summed E-state index contributed by atoms with van der Waals surface area (Å²) in [6.45, 7) is 4.59. The maximum atomic E-state index is 11.5. The zero-order valence-electron chi connectivity index (χ0n) is 30.9. The lowest BCUT2D eigenvalue weighted by Crippen LogP contribution is -1.93. The third-order valence-corrected chi connectivity index (χ3v) is 15.9. The first-order chi connectivity index (χ1) is 26.6. The standard InChI is InChI=1S/C47H44N2OS4/c1-3-5-7-9-15-31-26-42(54-45(31)30-21-23-34(24-22-30)49-37-19-13-11-17-35(37)36-18-12-14-20-38(36)49)46-32(16-10-8-6-4-2)25-39(52-46)40-28-43-47(53-40)44-41(51-43)27-33(29-50)48-44/h11-14,17-29,48H,3-10,15-16H2,1-2H3. The average Bonchev–Trinajstić information content (AvgIpc) is 4.05. The third-order valence-electron chi connectivity index (χ3n) is 10.7. The summed E-state index contributed by atoms with van der Waals surface area (Å²) in [5.41, 5.74) is 9.73. The minimum absolute atomic E-state index is 0.654. The van der Waals surface area contributed by atoms with Crippen molar-refractivity contribution in [3.8, 4) is 35.6 Å². The van der Waals surface area contributed by atoms with Crippen LogP contribution in [0.25, 0.3) is 77.1 Å². The summed E-state index contributed by atoms with van der Waals surface area (Å²) in [6, 6.07) is 36.2. The van der Waals surface area contributed by atoms with Crippen molar-refractivity contribution >= 4 is 93.1 Å². The van der Waals surface area contributed by atoms with Crippen molar-refractivity contribution in [1.82, 2.24) is 9.55 Å². The van der Waals surface area contributed by atoms with Crippen molar-refractivity contribution in [2.75, 3.05) is 0 Å². The second kappa shape index (κ2) is 15.5. The van der Waals surface area contributed by atoms with Gasteiger partial charge in [0, 0.05) is 45.5 Å². The summed E-state index contributed by atoms with van der Waals surface area (Å²) in [5.74, 6) is 0. The van der Waals surface area contributed by atoms with E-state index in [1.807, 2.05) is 40.1 Å². The van der Waals surface area contributed by atoms with E-state index in [0.717, 1.165) is 29.3 Å². The monoisotopic (exact) mass is 780 g/mol. The molecule has 0 atom stereocenters. The number of aromatic nitrogens is 2. The van der Waals surface area contributed by atoms with Crippen LogP contribution in [0.4, 0.5) is 0 Å². The SMILES string of the molecule is CCCCCCc1cc(-c2sc(-c3cc4sc5cc(C=O)[nH]c5c4s3)cc2CCCCCC)sc1-c1ccc(-n2c3ccccc3c3ccccc32)cc1. The normalized spacial score (nSPS) is 12.0. The minimum Gasteiger partial charge on any atom is -0.350 e. The van der Waals surface area contributed by atoms with Crippen molar-refractivity contribution in [3.63, 3.8) is 0 Å². The molecule has 3 aromatic carbocycles. The number of para-hydroxylation sites is 2. The number of nitrogens with one attached hydrogen (secondary N) is 1. The molecule has 54 heavy (non-hydrogen) atoms. The molecule has 1 N–H and O–H groups in total. The Balaban J connectivity index is 1.10. The maximum absolute atomic E-state index is 11.5. The summed E-state index contributed by atoms with van der Waals surface area (Å²) in [7, 11) is 0. The second-order valence-electron chi connectivity index (χ2n) is 14.5. The minimum atomic E-state index is 0.654. The number of H-pyrrole nitrogens is 1. The highest BCUT2D eigenvalue weighted by Crippen LogP contribution is 2.49. The fourth-order valence-corrected chi connectivity index (χ4v) is 13.1. The van der Waals surface area contributed by atoms with E-state index in [9.17, 15) is 4.79 Å². The Bertz CT molecular complexity index is 2670. The van der Waals surface area contributed by atoms with E-state index in [2.05, 4.69) is 114 Å². The zero-order chi connectivity index (χ0) is 36.6. The summed E-state index contributed by atoms with van der Waals surface area (Å²) in [6.07, 6.45) is 13.2. The lowest BCUT2D eigenvalue weighted by molar-refractivity contribution is 0.112. The van der Waals surface area contributed by atoms with Crippen LogP contribution in [0.5, 0.6) is 0 Å². The second-order valence-corrected chi connectivity index (χ2v) is 18.7. The van der Waals surface area contributed by atoms with E-state index in [4.69, 9.17) is 0 Å². The average molecular weight is 781 g/mol. The highest BCUT2D eigenvalue weighted by atomic mass is 32.1. The number of aldehydes is 1. The van der Waals surface area contributed by atoms with Gasteiger partial charge < -0.3 is 9.55 Å². The van der Waals surface area contributed by atoms with Crippen molar-refractivity contribution in [2.24, 2.45) is 0 Å². The topological polar surface area (TPSA) is 37.8 Å². The largest absolute Gasteiger partial charge is 0.350 e. The van der Waals surface area contributed by atoms with E-state index in [0.29, 0.717) is 5.69 Å². The van der Waals surface area contributed by atoms with Crippen molar-refractivity contribution in [1.29, 1.82) is 0 Å². The van der Waals surface area contributed by atoms with E-state index < -0.39 is 0 Å². The van der Waals surface area contributed by atoms with Gasteiger partial charge in [0.2, 0.25) is 0 Å². The van der Waals surface area contributed by atoms with Crippen molar-refractivity contribution in [2.45, 2.75) is 78.1 Å². The summed E-state index contributed by atoms with van der Waals surface area (Å²) < 4.78 is 6.13. The van der Waals surface area contributed by atoms with Gasteiger partial charge in [-0.15, -0.1) is 45.3 Å². The van der Waals surface area contributed by atoms with E-state index in [-0.39, 0.29) is 0 Å². The molecule has 6 aromatic heterocycles. The predicted octanol–water partition coefficient (Wildman–Crippen LogP) is 15.7. The molecule has 7 heteroatoms. The fraction of sp³-hybridized carbons (Fsp3) is 0.255. The van der Waals surface area contributed by atoms with Crippen LogP contribution in [0.2, 0.25) is 0 Å². The van der Waals surface area contributed by atoms with Gasteiger partial charge in [-0.2, -0.15) is 0 Å². The number of unbranched alkanes of at least 4 members (excludes halogenated alkanes) is 6. The van der Waals surface area contributed by atoms with Gasteiger partial charge in [0.25, 0.3) is 0 Å². The molecular formula is C47H44N2OS4. The molecule has 0 saturated carbocycles. The number of rotatable bonds is 15. The van der Waals surface area contributed by atoms with Gasteiger partial charge in [-0.1, -0.05) is 101 Å². The first-order valence-electron chi connectivity index (χ1n) is 19.5. The van der Waals surface area contributed by atoms with E-state index >= 15 is 0 Å². The van der Waals surface area contributed by atoms with Crippen LogP contribution in [-0.4, -0.2) is 15.8 Å². The molecule has 0 amide bonds. The summed E-state index contributed by atoms with van der Waals surface area (Å²) >= 11 is 7.60. The van der Waals surface area contributed by atoms with Gasteiger partial charge in [-0.3, -0.25) is 4.79 Å². The number of hydrogen-bond acceptors (Lipinski definition) is 5. The van der Waals surface area contributed by atoms with Crippen LogP contribution < -0.4 is 0 Å². The number of hydrogen-bond donors (Lipinski definition) is 1. The van der Waals surface area contributed by atoms with Gasteiger partial charge in [0.15, 0.2) is 6.29 Å². The van der Waals surface area contributed by atoms with Crippen LogP contribution in [-0.2, 0) is 12.8 Å². The molecule has 0 aliphatic rings. The number of aryl methyl sites for hydroxylation is 2. The Morgan fingerprint density at radius 1 is 0.593 bits per heavy atom. The van der Waals surface area contributed by atoms with Crippen LogP contribution in [0.3, 0.4) is 0 Å². The van der Waals surface area contributed by atoms with Crippen LogP contribution in [0.15, 0.2) is 97.1 Å². The molecule has 0 aliphatic carbocycles. The highest BCUT2D eigenvalue weighted by Gasteiger charge is 2.21. The number of thiophene rings is 4. The predicted molar refractivity (Wildman–Crippen MR) is 239 cm³/mol. The molecule has 0 fully saturated rings. The lowest BCUT2D eigenvalue weighted by atomic mass is 10.0. The fourth-order valence-electron chi connectivity index (χ4n) is 7.99. The highest BCUT2D eigenvalue weighted by molar-refractivity contribution is 7.35. The Hall–Kier alpha value is -4.27. The third kappa shape index (κ3) is 6.59. The van der Waals surface area contributed by atoms with Crippen LogP contribution in [0, 0.1) is 0 Å². The van der Waals surface area contributed by atoms with Gasteiger partial charge in [-0.05, 0) is 90.9 Å². The number of nitrogens with zero attached hydrogens (tertiary/aromatic N) is 1. The molecule has 0 radical (unpaired) electrons. The summed E-state index contributed by atoms with van der Waals surface area (Å²) in [4.78, 5) is 21.8. The van der Waals surface area contributed by atoms with Crippen LogP contribution in [0.1, 0.15) is 86.8 Å². The molecule has 0 spiro atoms. The first-order valence-corrected chi connectivity index (χ1v) is 22.8. The molecule has 6 heterocycles. The Kier molecular flexibility index (Phi) is 10.1. The molecular weight excluding hydrogens is 737 g/mol. The van der Waals surface area contributed by atoms with Crippen LogP contribution >= 0.6 is 45.3 Å². The molecule has 0 unspecified atom stereocenters. The smallest absolute Gasteiger partial charge is 0.166 e. The number of carbonyl (C=O) groups excluding carboxylic acids is 1. The Morgan fingerprint density at radius 2 is 1.20 bits per heavy atom. The molecule has 272 valence electrons.